The number of hydrogen-bond acceptors (Lipinski definition) is 6. The molecule has 2 N–H and O–H groups in total. The van der Waals surface area contributed by atoms with E-state index in [1.807, 2.05) is 6.92 Å². The second-order valence-corrected chi connectivity index (χ2v) is 8.37. The number of fused-ring (bicyclic) bond motifs is 1. The Bertz CT molecular complexity index is 1330. The average Bonchev–Trinajstić information content (AvgIpc) is 2.82. The van der Waals surface area contributed by atoms with Crippen LogP contribution < -0.4 is 19.9 Å². The number of hydrogen-bond donors (Lipinski definition) is 1. The van der Waals surface area contributed by atoms with Crippen molar-refractivity contribution in [3.63, 3.8) is 0 Å². The lowest BCUT2D eigenvalue weighted by atomic mass is 9.83. The van der Waals surface area contributed by atoms with Gasteiger partial charge in [-0.3, -0.25) is 0 Å². The van der Waals surface area contributed by atoms with Gasteiger partial charge >= 0.3 is 5.97 Å². The predicted octanol–water partition coefficient (Wildman–Crippen LogP) is 6.22. The van der Waals surface area contributed by atoms with E-state index in [2.05, 4.69) is 6.07 Å². The molecule has 0 aliphatic carbocycles. The van der Waals surface area contributed by atoms with Crippen LogP contribution in [0.2, 0.25) is 10.0 Å². The summed E-state index contributed by atoms with van der Waals surface area (Å²) < 4.78 is 17.0. The maximum atomic E-state index is 12.8. The maximum absolute atomic E-state index is 12.8. The Kier molecular flexibility index (Phi) is 6.97. The molecule has 0 saturated heterocycles. The summed E-state index contributed by atoms with van der Waals surface area (Å²) >= 11 is 12.5. The molecule has 1 aliphatic heterocycles. The lowest BCUT2D eigenvalue weighted by Gasteiger charge is -2.27. The van der Waals surface area contributed by atoms with Crippen molar-refractivity contribution in [2.75, 3.05) is 6.61 Å². The molecule has 1 aliphatic rings. The van der Waals surface area contributed by atoms with Gasteiger partial charge in [0.1, 0.15) is 34.5 Å². The van der Waals surface area contributed by atoms with Gasteiger partial charge in [-0.2, -0.15) is 5.26 Å². The van der Waals surface area contributed by atoms with Crippen molar-refractivity contribution in [1.82, 2.24) is 0 Å². The highest BCUT2D eigenvalue weighted by atomic mass is 35.5. The van der Waals surface area contributed by atoms with Crippen LogP contribution in [0.4, 0.5) is 0 Å². The van der Waals surface area contributed by atoms with Crippen molar-refractivity contribution in [2.24, 2.45) is 5.73 Å². The number of nitrogens with two attached hydrogens (primary N) is 1. The molecular formula is C26H20Cl2N2O4. The molecule has 0 spiro atoms. The fraction of sp³-hybridized carbons (Fsp3) is 0.154. The summed E-state index contributed by atoms with van der Waals surface area (Å²) in [5.41, 5.74) is 7.91. The van der Waals surface area contributed by atoms with E-state index in [0.29, 0.717) is 44.8 Å². The Morgan fingerprint density at radius 1 is 1.12 bits per heavy atom. The van der Waals surface area contributed by atoms with Crippen LogP contribution in [0.15, 0.2) is 72.1 Å². The van der Waals surface area contributed by atoms with Crippen LogP contribution >= 0.6 is 23.2 Å². The van der Waals surface area contributed by atoms with Crippen molar-refractivity contribution in [1.29, 1.82) is 5.26 Å². The van der Waals surface area contributed by atoms with E-state index >= 15 is 0 Å². The molecule has 1 atom stereocenters. The number of ether oxygens (including phenoxy) is 3. The van der Waals surface area contributed by atoms with Crippen LogP contribution in [0.5, 0.6) is 17.2 Å². The average molecular weight is 495 g/mol. The lowest BCUT2D eigenvalue weighted by Crippen LogP contribution is -2.21. The van der Waals surface area contributed by atoms with Gasteiger partial charge < -0.3 is 19.9 Å². The topological polar surface area (TPSA) is 94.6 Å². The van der Waals surface area contributed by atoms with Crippen molar-refractivity contribution in [3.05, 3.63) is 98.9 Å². The van der Waals surface area contributed by atoms with Crippen LogP contribution in [0.3, 0.4) is 0 Å². The number of esters is 1. The fourth-order valence-electron chi connectivity index (χ4n) is 3.69. The van der Waals surface area contributed by atoms with E-state index in [9.17, 15) is 10.1 Å². The minimum absolute atomic E-state index is 0.0483. The van der Waals surface area contributed by atoms with Gasteiger partial charge in [-0.25, -0.2) is 4.79 Å². The summed E-state index contributed by atoms with van der Waals surface area (Å²) in [6, 6.07) is 18.9. The molecular weight excluding hydrogens is 475 g/mol. The standard InChI is InChI=1S/C26H20Cl2N2O4/c1-2-11-32-22-6-4-3-5-19(22)26(31)33-16-8-10-18-23(13-16)34-25(30)20(14-29)24(18)17-9-7-15(27)12-21(17)28/h3-10,12-13,24H,2,11,30H2,1H3. The SMILES string of the molecule is CCCOc1ccccc1C(=O)Oc1ccc2c(c1)OC(N)=C(C#N)C2c1ccc(Cl)cc1Cl. The minimum Gasteiger partial charge on any atom is -0.493 e. The normalized spacial score (nSPS) is 14.6. The summed E-state index contributed by atoms with van der Waals surface area (Å²) in [4.78, 5) is 12.8. The molecule has 1 unspecified atom stereocenters. The first-order valence-electron chi connectivity index (χ1n) is 10.5. The van der Waals surface area contributed by atoms with Crippen molar-refractivity contribution >= 4 is 29.2 Å². The summed E-state index contributed by atoms with van der Waals surface area (Å²) in [5, 5.41) is 10.6. The van der Waals surface area contributed by atoms with E-state index < -0.39 is 11.9 Å². The first-order valence-corrected chi connectivity index (χ1v) is 11.3. The van der Waals surface area contributed by atoms with Gasteiger partial charge in [-0.1, -0.05) is 54.4 Å². The molecule has 1 heterocycles. The molecule has 0 aromatic heterocycles. The number of nitrogens with zero attached hydrogens (tertiary/aromatic N) is 1. The molecule has 0 saturated carbocycles. The highest BCUT2D eigenvalue weighted by Gasteiger charge is 2.32. The predicted molar refractivity (Wildman–Crippen MR) is 129 cm³/mol. The highest BCUT2D eigenvalue weighted by Crippen LogP contribution is 2.45. The third-order valence-corrected chi connectivity index (χ3v) is 5.81. The largest absolute Gasteiger partial charge is 0.493 e. The van der Waals surface area contributed by atoms with Gasteiger partial charge in [0.25, 0.3) is 0 Å². The monoisotopic (exact) mass is 494 g/mol. The number of para-hydroxylation sites is 1. The molecule has 34 heavy (non-hydrogen) atoms. The van der Waals surface area contributed by atoms with E-state index in [1.165, 1.54) is 0 Å². The summed E-state index contributed by atoms with van der Waals surface area (Å²) in [6.45, 7) is 2.47. The molecule has 4 rings (SSSR count). The van der Waals surface area contributed by atoms with Crippen LogP contribution in [0.25, 0.3) is 0 Å². The van der Waals surface area contributed by atoms with Crippen LogP contribution in [-0.4, -0.2) is 12.6 Å². The van der Waals surface area contributed by atoms with Gasteiger partial charge in [-0.15, -0.1) is 0 Å². The molecule has 0 fully saturated rings. The number of allylic oxidation sites excluding steroid dienone is 1. The highest BCUT2D eigenvalue weighted by molar-refractivity contribution is 6.35. The number of nitriles is 1. The van der Waals surface area contributed by atoms with Crippen LogP contribution in [0, 0.1) is 11.3 Å². The Balaban J connectivity index is 1.67. The second-order valence-electron chi connectivity index (χ2n) is 7.52. The molecule has 0 radical (unpaired) electrons. The van der Waals surface area contributed by atoms with Gasteiger partial charge in [0, 0.05) is 21.7 Å². The summed E-state index contributed by atoms with van der Waals surface area (Å²) in [5.74, 6) is -0.122. The number of rotatable bonds is 6. The van der Waals surface area contributed by atoms with E-state index in [-0.39, 0.29) is 17.2 Å². The molecule has 3 aromatic carbocycles. The van der Waals surface area contributed by atoms with Crippen molar-refractivity contribution in [3.8, 4) is 23.3 Å². The zero-order valence-electron chi connectivity index (χ0n) is 18.2. The number of carbonyl (C=O) groups excluding carboxylic acids is 1. The molecule has 0 bridgehead atoms. The summed E-state index contributed by atoms with van der Waals surface area (Å²) in [6.07, 6.45) is 0.809. The van der Waals surface area contributed by atoms with Crippen LogP contribution in [-0.2, 0) is 0 Å². The van der Waals surface area contributed by atoms with Crippen LogP contribution in [0.1, 0.15) is 40.7 Å². The van der Waals surface area contributed by atoms with Gasteiger partial charge in [0.2, 0.25) is 5.88 Å². The molecule has 3 aromatic rings. The number of carbonyl (C=O) groups is 1. The lowest BCUT2D eigenvalue weighted by molar-refractivity contribution is 0.0730. The van der Waals surface area contributed by atoms with E-state index in [4.69, 9.17) is 43.1 Å². The van der Waals surface area contributed by atoms with Crippen molar-refractivity contribution < 1.29 is 19.0 Å². The molecule has 172 valence electrons. The summed E-state index contributed by atoms with van der Waals surface area (Å²) in [7, 11) is 0. The zero-order chi connectivity index (χ0) is 24.2. The third kappa shape index (κ3) is 4.67. The Morgan fingerprint density at radius 3 is 2.62 bits per heavy atom. The Labute approximate surface area is 207 Å². The van der Waals surface area contributed by atoms with E-state index in [0.717, 1.165) is 6.42 Å². The van der Waals surface area contributed by atoms with Crippen molar-refractivity contribution in [2.45, 2.75) is 19.3 Å². The smallest absolute Gasteiger partial charge is 0.347 e. The second kappa shape index (κ2) is 10.1. The maximum Gasteiger partial charge on any atom is 0.347 e. The minimum atomic E-state index is -0.569. The Morgan fingerprint density at radius 2 is 1.88 bits per heavy atom. The van der Waals surface area contributed by atoms with E-state index in [1.54, 1.807) is 60.7 Å². The molecule has 8 heteroatoms. The van der Waals surface area contributed by atoms with Gasteiger partial charge in [0.15, 0.2) is 0 Å². The molecule has 6 nitrogen and oxygen atoms in total. The fourth-order valence-corrected chi connectivity index (χ4v) is 4.21. The first-order chi connectivity index (χ1) is 16.4. The zero-order valence-corrected chi connectivity index (χ0v) is 19.7. The Hall–Kier alpha value is -3.66. The number of halogens is 2. The third-order valence-electron chi connectivity index (χ3n) is 5.24. The van der Waals surface area contributed by atoms with Gasteiger partial charge in [-0.05, 0) is 42.3 Å². The first kappa shape index (κ1) is 23.5. The number of benzene rings is 3. The molecule has 0 amide bonds. The van der Waals surface area contributed by atoms with Gasteiger partial charge in [0.05, 0.1) is 12.5 Å². The quantitative estimate of drug-likeness (QED) is 0.322.